The zero-order valence-corrected chi connectivity index (χ0v) is 11.8. The second kappa shape index (κ2) is 6.05. The fraction of sp³-hybridized carbons (Fsp3) is 0.538. The van der Waals surface area contributed by atoms with Crippen molar-refractivity contribution >= 4 is 23.2 Å². The van der Waals surface area contributed by atoms with Crippen molar-refractivity contribution in [2.75, 3.05) is 6.61 Å². The number of rotatable bonds is 5. The van der Waals surface area contributed by atoms with Gasteiger partial charge >= 0.3 is 0 Å². The third kappa shape index (κ3) is 4.14. The van der Waals surface area contributed by atoms with E-state index in [0.29, 0.717) is 23.1 Å². The lowest BCUT2D eigenvalue weighted by molar-refractivity contribution is -0.0955. The molecule has 17 heavy (non-hydrogen) atoms. The molecule has 96 valence electrons. The van der Waals surface area contributed by atoms with Crippen LogP contribution in [-0.2, 0) is 11.2 Å². The first-order valence-electron chi connectivity index (χ1n) is 5.62. The molecule has 1 unspecified atom stereocenters. The number of ether oxygens (including phenoxy) is 1. The van der Waals surface area contributed by atoms with Gasteiger partial charge in [0.15, 0.2) is 0 Å². The van der Waals surface area contributed by atoms with E-state index in [2.05, 4.69) is 0 Å². The summed E-state index contributed by atoms with van der Waals surface area (Å²) < 4.78 is 5.51. The molecule has 1 aromatic carbocycles. The van der Waals surface area contributed by atoms with Gasteiger partial charge in [0.1, 0.15) is 0 Å². The molecule has 0 heterocycles. The molecule has 0 saturated heterocycles. The van der Waals surface area contributed by atoms with Gasteiger partial charge in [0.05, 0.1) is 11.7 Å². The van der Waals surface area contributed by atoms with Crippen molar-refractivity contribution in [3.63, 3.8) is 0 Å². The lowest BCUT2D eigenvalue weighted by Crippen LogP contribution is -2.40. The van der Waals surface area contributed by atoms with Gasteiger partial charge in [0.25, 0.3) is 0 Å². The average molecular weight is 277 g/mol. The summed E-state index contributed by atoms with van der Waals surface area (Å²) in [5.74, 6) is 0. The van der Waals surface area contributed by atoms with E-state index in [0.717, 1.165) is 5.56 Å². The molecule has 0 radical (unpaired) electrons. The van der Waals surface area contributed by atoms with E-state index in [9.17, 15) is 5.11 Å². The molecule has 0 aliphatic rings. The van der Waals surface area contributed by atoms with Crippen LogP contribution in [0.15, 0.2) is 18.2 Å². The molecule has 2 nitrogen and oxygen atoms in total. The van der Waals surface area contributed by atoms with Gasteiger partial charge in [-0.1, -0.05) is 29.3 Å². The fourth-order valence-electron chi connectivity index (χ4n) is 1.61. The van der Waals surface area contributed by atoms with E-state index < -0.39 is 11.7 Å². The van der Waals surface area contributed by atoms with Crippen molar-refractivity contribution in [2.24, 2.45) is 0 Å². The predicted octanol–water partition coefficient (Wildman–Crippen LogP) is 3.71. The van der Waals surface area contributed by atoms with Gasteiger partial charge in [0.2, 0.25) is 0 Å². The second-order valence-corrected chi connectivity index (χ2v) is 5.34. The number of benzene rings is 1. The van der Waals surface area contributed by atoms with Gasteiger partial charge in [-0.05, 0) is 38.5 Å². The van der Waals surface area contributed by atoms with Crippen LogP contribution in [-0.4, -0.2) is 23.4 Å². The molecule has 0 bridgehead atoms. The van der Waals surface area contributed by atoms with Gasteiger partial charge in [-0.2, -0.15) is 0 Å². The fourth-order valence-corrected chi connectivity index (χ4v) is 2.10. The Hall–Kier alpha value is -0.280. The molecule has 0 aliphatic carbocycles. The SMILES string of the molecule is CCOC(C)(C)C(O)Cc1ccc(Cl)cc1Cl. The van der Waals surface area contributed by atoms with Crippen LogP contribution < -0.4 is 0 Å². The summed E-state index contributed by atoms with van der Waals surface area (Å²) in [4.78, 5) is 0. The van der Waals surface area contributed by atoms with Gasteiger partial charge in [-0.15, -0.1) is 0 Å². The molecule has 1 atom stereocenters. The Morgan fingerprint density at radius 1 is 1.35 bits per heavy atom. The Balaban J connectivity index is 2.77. The molecular formula is C13H18Cl2O2. The van der Waals surface area contributed by atoms with Crippen molar-refractivity contribution in [2.45, 2.75) is 38.9 Å². The highest BCUT2D eigenvalue weighted by Crippen LogP contribution is 2.25. The summed E-state index contributed by atoms with van der Waals surface area (Å²) in [5, 5.41) is 11.3. The first kappa shape index (κ1) is 14.8. The van der Waals surface area contributed by atoms with Gasteiger partial charge in [-0.3, -0.25) is 0 Å². The maximum absolute atomic E-state index is 10.1. The molecule has 0 aliphatic heterocycles. The van der Waals surface area contributed by atoms with Crippen molar-refractivity contribution in [1.82, 2.24) is 0 Å². The van der Waals surface area contributed by atoms with Crippen LogP contribution in [0.5, 0.6) is 0 Å². The lowest BCUT2D eigenvalue weighted by atomic mass is 9.95. The minimum atomic E-state index is -0.610. The smallest absolute Gasteiger partial charge is 0.0887 e. The Morgan fingerprint density at radius 3 is 2.53 bits per heavy atom. The number of halogens is 2. The molecule has 0 fully saturated rings. The standard InChI is InChI=1S/C13H18Cl2O2/c1-4-17-13(2,3)12(16)7-9-5-6-10(14)8-11(9)15/h5-6,8,12,16H,4,7H2,1-3H3. The van der Waals surface area contributed by atoms with Crippen LogP contribution in [0.2, 0.25) is 10.0 Å². The van der Waals surface area contributed by atoms with E-state index in [1.807, 2.05) is 26.8 Å². The van der Waals surface area contributed by atoms with E-state index in [4.69, 9.17) is 27.9 Å². The van der Waals surface area contributed by atoms with Gasteiger partial charge < -0.3 is 9.84 Å². The molecule has 4 heteroatoms. The molecule has 1 rings (SSSR count). The van der Waals surface area contributed by atoms with Crippen LogP contribution >= 0.6 is 23.2 Å². The van der Waals surface area contributed by atoms with E-state index in [-0.39, 0.29) is 0 Å². The third-order valence-corrected chi connectivity index (χ3v) is 3.33. The first-order valence-corrected chi connectivity index (χ1v) is 6.38. The van der Waals surface area contributed by atoms with E-state index in [1.165, 1.54) is 0 Å². The van der Waals surface area contributed by atoms with E-state index in [1.54, 1.807) is 12.1 Å². The second-order valence-electron chi connectivity index (χ2n) is 4.49. The van der Waals surface area contributed by atoms with Gasteiger partial charge in [0, 0.05) is 23.1 Å². The first-order chi connectivity index (χ1) is 7.86. The Kier molecular flexibility index (Phi) is 5.26. The molecule has 1 aromatic rings. The summed E-state index contributed by atoms with van der Waals surface area (Å²) in [6, 6.07) is 5.28. The quantitative estimate of drug-likeness (QED) is 0.889. The minimum absolute atomic E-state index is 0.447. The maximum Gasteiger partial charge on any atom is 0.0887 e. The molecule has 1 N–H and O–H groups in total. The van der Waals surface area contributed by atoms with Gasteiger partial charge in [-0.25, -0.2) is 0 Å². The molecular weight excluding hydrogens is 259 g/mol. The van der Waals surface area contributed by atoms with Crippen molar-refractivity contribution in [3.05, 3.63) is 33.8 Å². The lowest BCUT2D eigenvalue weighted by Gasteiger charge is -2.30. The summed E-state index contributed by atoms with van der Waals surface area (Å²) in [7, 11) is 0. The maximum atomic E-state index is 10.1. The molecule has 0 saturated carbocycles. The van der Waals surface area contributed by atoms with E-state index >= 15 is 0 Å². The minimum Gasteiger partial charge on any atom is -0.390 e. The number of aliphatic hydroxyl groups excluding tert-OH is 1. The zero-order chi connectivity index (χ0) is 13.1. The van der Waals surface area contributed by atoms with Crippen LogP contribution in [0.4, 0.5) is 0 Å². The van der Waals surface area contributed by atoms with Crippen LogP contribution in [0.1, 0.15) is 26.3 Å². The monoisotopic (exact) mass is 276 g/mol. The predicted molar refractivity (Wildman–Crippen MR) is 71.9 cm³/mol. The summed E-state index contributed by atoms with van der Waals surface area (Å²) in [5.41, 5.74) is 0.286. The normalized spacial score (nSPS) is 13.8. The highest BCUT2D eigenvalue weighted by atomic mass is 35.5. The Morgan fingerprint density at radius 2 is 2.00 bits per heavy atom. The van der Waals surface area contributed by atoms with Crippen LogP contribution in [0.25, 0.3) is 0 Å². The number of hydrogen-bond donors (Lipinski definition) is 1. The van der Waals surface area contributed by atoms with Crippen LogP contribution in [0, 0.1) is 0 Å². The topological polar surface area (TPSA) is 29.5 Å². The molecule has 0 aromatic heterocycles. The van der Waals surface area contributed by atoms with Crippen molar-refractivity contribution in [1.29, 1.82) is 0 Å². The summed E-state index contributed by atoms with van der Waals surface area (Å²) in [6.07, 6.45) is -0.163. The zero-order valence-electron chi connectivity index (χ0n) is 10.3. The largest absolute Gasteiger partial charge is 0.390 e. The Labute approximate surface area is 113 Å². The highest BCUT2D eigenvalue weighted by Gasteiger charge is 2.28. The summed E-state index contributed by atoms with van der Waals surface area (Å²) >= 11 is 11.9. The summed E-state index contributed by atoms with van der Waals surface area (Å²) in [6.45, 7) is 6.21. The molecule has 0 spiro atoms. The number of aliphatic hydroxyl groups is 1. The average Bonchev–Trinajstić information content (AvgIpc) is 2.22. The van der Waals surface area contributed by atoms with Crippen molar-refractivity contribution < 1.29 is 9.84 Å². The Bertz CT molecular complexity index is 378. The number of hydrogen-bond acceptors (Lipinski definition) is 2. The van der Waals surface area contributed by atoms with Crippen LogP contribution in [0.3, 0.4) is 0 Å². The van der Waals surface area contributed by atoms with Crippen molar-refractivity contribution in [3.8, 4) is 0 Å². The molecule has 0 amide bonds. The highest BCUT2D eigenvalue weighted by molar-refractivity contribution is 6.35. The third-order valence-electron chi connectivity index (χ3n) is 2.75.